The molecule has 98 valence electrons. The molecule has 0 aromatic rings. The van der Waals surface area contributed by atoms with Gasteiger partial charge in [-0.15, -0.1) is 0 Å². The summed E-state index contributed by atoms with van der Waals surface area (Å²) < 4.78 is 0. The van der Waals surface area contributed by atoms with Crippen LogP contribution in [0.1, 0.15) is 19.8 Å². The lowest BCUT2D eigenvalue weighted by molar-refractivity contribution is -0.117. The Labute approximate surface area is 106 Å². The first-order chi connectivity index (χ1) is 8.69. The van der Waals surface area contributed by atoms with Crippen LogP contribution in [0.3, 0.4) is 0 Å². The number of hydrazine groups is 1. The Bertz CT molecular complexity index is 414. The third kappa shape index (κ3) is 3.10. The van der Waals surface area contributed by atoms with E-state index < -0.39 is 5.91 Å². The predicted octanol–water partition coefficient (Wildman–Crippen LogP) is 0.664. The summed E-state index contributed by atoms with van der Waals surface area (Å²) in [6.45, 7) is 4.15. The highest BCUT2D eigenvalue weighted by atomic mass is 16.2. The summed E-state index contributed by atoms with van der Waals surface area (Å²) in [7, 11) is 0. The van der Waals surface area contributed by atoms with Gasteiger partial charge in [-0.3, -0.25) is 4.79 Å². The van der Waals surface area contributed by atoms with E-state index in [1.807, 2.05) is 0 Å². The van der Waals surface area contributed by atoms with Crippen LogP contribution < -0.4 is 10.9 Å². The molecule has 0 aliphatic carbocycles. The summed E-state index contributed by atoms with van der Waals surface area (Å²) in [5.41, 5.74) is 6.39. The fourth-order valence-electron chi connectivity index (χ4n) is 2.13. The molecule has 0 aromatic heterocycles. The average molecular weight is 250 g/mol. The minimum atomic E-state index is -0.419. The molecule has 1 atom stereocenters. The molecule has 0 spiro atoms. The highest BCUT2D eigenvalue weighted by Gasteiger charge is 2.17. The van der Waals surface area contributed by atoms with Crippen LogP contribution in [0.2, 0.25) is 0 Å². The van der Waals surface area contributed by atoms with Crippen molar-refractivity contribution in [3.05, 3.63) is 23.6 Å². The lowest BCUT2D eigenvalue weighted by atomic mass is 10.0. The van der Waals surface area contributed by atoms with Gasteiger partial charge >= 0.3 is 0 Å². The maximum Gasteiger partial charge on any atom is 0.274 e. The van der Waals surface area contributed by atoms with Gasteiger partial charge < -0.3 is 10.5 Å². The smallest absolute Gasteiger partial charge is 0.274 e. The van der Waals surface area contributed by atoms with Crippen molar-refractivity contribution in [2.24, 2.45) is 11.0 Å². The van der Waals surface area contributed by atoms with Gasteiger partial charge in [0.1, 0.15) is 0 Å². The monoisotopic (exact) mass is 250 g/mol. The van der Waals surface area contributed by atoms with E-state index in [9.17, 15) is 4.79 Å². The van der Waals surface area contributed by atoms with Crippen LogP contribution in [-0.4, -0.2) is 35.3 Å². The SMILES string of the molecule is CC1CCCN(NC2=C/C(=C/O)C(=O)NN=C2)C1. The Balaban J connectivity index is 2.05. The lowest BCUT2D eigenvalue weighted by Gasteiger charge is -2.31. The van der Waals surface area contributed by atoms with E-state index in [1.54, 1.807) is 6.08 Å². The summed E-state index contributed by atoms with van der Waals surface area (Å²) in [4.78, 5) is 11.4. The molecule has 0 aromatic carbocycles. The Morgan fingerprint density at radius 1 is 1.67 bits per heavy atom. The third-order valence-electron chi connectivity index (χ3n) is 3.03. The zero-order valence-corrected chi connectivity index (χ0v) is 10.4. The lowest BCUT2D eigenvalue weighted by Crippen LogP contribution is -2.44. The van der Waals surface area contributed by atoms with E-state index >= 15 is 0 Å². The Hall–Kier alpha value is -1.82. The fourth-order valence-corrected chi connectivity index (χ4v) is 2.13. The van der Waals surface area contributed by atoms with Crippen molar-refractivity contribution in [3.63, 3.8) is 0 Å². The standard InChI is InChI=1S/C12H18N4O2/c1-9-3-2-4-16(7-9)15-11-5-10(8-17)12(18)14-13-6-11/h5-6,8-9,15,17H,2-4,7H2,1H3,(H,14,18)/b10-8-. The molecule has 18 heavy (non-hydrogen) atoms. The van der Waals surface area contributed by atoms with Gasteiger partial charge in [-0.25, -0.2) is 10.4 Å². The molecular formula is C12H18N4O2. The maximum absolute atomic E-state index is 11.4. The van der Waals surface area contributed by atoms with E-state index in [0.29, 0.717) is 11.6 Å². The number of amides is 1. The molecule has 1 amide bonds. The van der Waals surface area contributed by atoms with Crippen LogP contribution in [0.5, 0.6) is 0 Å². The minimum absolute atomic E-state index is 0.181. The summed E-state index contributed by atoms with van der Waals surface area (Å²) in [6.07, 6.45) is 6.29. The number of carbonyl (C=O) groups excluding carboxylic acids is 1. The Morgan fingerprint density at radius 2 is 2.50 bits per heavy atom. The number of allylic oxidation sites excluding steroid dienone is 1. The van der Waals surface area contributed by atoms with E-state index in [-0.39, 0.29) is 5.57 Å². The van der Waals surface area contributed by atoms with Gasteiger partial charge in [-0.2, -0.15) is 5.10 Å². The van der Waals surface area contributed by atoms with Gasteiger partial charge in [0.05, 0.1) is 23.7 Å². The predicted molar refractivity (Wildman–Crippen MR) is 68.5 cm³/mol. The summed E-state index contributed by atoms with van der Waals surface area (Å²) in [5, 5.41) is 14.9. The fraction of sp³-hybridized carbons (Fsp3) is 0.500. The first-order valence-electron chi connectivity index (χ1n) is 6.10. The molecule has 6 nitrogen and oxygen atoms in total. The molecule has 0 radical (unpaired) electrons. The number of nitrogens with one attached hydrogen (secondary N) is 2. The van der Waals surface area contributed by atoms with E-state index in [0.717, 1.165) is 25.8 Å². The van der Waals surface area contributed by atoms with Crippen molar-refractivity contribution in [1.82, 2.24) is 15.9 Å². The van der Waals surface area contributed by atoms with Crippen molar-refractivity contribution >= 4 is 12.1 Å². The second kappa shape index (κ2) is 5.68. The van der Waals surface area contributed by atoms with Crippen molar-refractivity contribution in [2.75, 3.05) is 13.1 Å². The molecule has 2 rings (SSSR count). The molecule has 2 heterocycles. The zero-order valence-electron chi connectivity index (χ0n) is 10.4. The number of piperidine rings is 1. The third-order valence-corrected chi connectivity index (χ3v) is 3.03. The molecule has 6 heteroatoms. The largest absolute Gasteiger partial charge is 0.515 e. The Kier molecular flexibility index (Phi) is 3.99. The minimum Gasteiger partial charge on any atom is -0.515 e. The molecule has 2 aliphatic heterocycles. The summed E-state index contributed by atoms with van der Waals surface area (Å²) in [5.74, 6) is 0.236. The van der Waals surface area contributed by atoms with Crippen LogP contribution in [0.25, 0.3) is 0 Å². The van der Waals surface area contributed by atoms with Crippen LogP contribution in [0.15, 0.2) is 28.7 Å². The van der Waals surface area contributed by atoms with Gasteiger partial charge in [0, 0.05) is 13.1 Å². The number of aliphatic hydroxyl groups is 1. The number of nitrogens with zero attached hydrogens (tertiary/aromatic N) is 2. The van der Waals surface area contributed by atoms with Crippen molar-refractivity contribution in [3.8, 4) is 0 Å². The summed E-state index contributed by atoms with van der Waals surface area (Å²) >= 11 is 0. The molecule has 1 unspecified atom stereocenters. The van der Waals surface area contributed by atoms with Gasteiger partial charge in [0.15, 0.2) is 0 Å². The molecule has 2 aliphatic rings. The highest BCUT2D eigenvalue weighted by Crippen LogP contribution is 2.14. The number of rotatable bonds is 2. The second-order valence-electron chi connectivity index (χ2n) is 4.69. The molecule has 0 saturated carbocycles. The van der Waals surface area contributed by atoms with Crippen molar-refractivity contribution in [2.45, 2.75) is 19.8 Å². The average Bonchev–Trinajstić information content (AvgIpc) is 2.51. The van der Waals surface area contributed by atoms with E-state index in [2.05, 4.69) is 27.9 Å². The number of aliphatic hydroxyl groups excluding tert-OH is 1. The first-order valence-corrected chi connectivity index (χ1v) is 6.10. The quantitative estimate of drug-likeness (QED) is 0.497. The van der Waals surface area contributed by atoms with Gasteiger partial charge in [0.2, 0.25) is 0 Å². The molecule has 3 N–H and O–H groups in total. The molecule has 1 fully saturated rings. The van der Waals surface area contributed by atoms with Crippen molar-refractivity contribution in [1.29, 1.82) is 0 Å². The first kappa shape index (κ1) is 12.6. The maximum atomic E-state index is 11.4. The van der Waals surface area contributed by atoms with Crippen LogP contribution >= 0.6 is 0 Å². The van der Waals surface area contributed by atoms with Crippen LogP contribution in [-0.2, 0) is 4.79 Å². The topological polar surface area (TPSA) is 77.0 Å². The number of hydrogen-bond donors (Lipinski definition) is 3. The number of carbonyl (C=O) groups is 1. The normalized spacial score (nSPS) is 27.6. The molecule has 0 bridgehead atoms. The van der Waals surface area contributed by atoms with Gasteiger partial charge in [-0.1, -0.05) is 6.92 Å². The van der Waals surface area contributed by atoms with Crippen molar-refractivity contribution < 1.29 is 9.90 Å². The number of hydrogen-bond acceptors (Lipinski definition) is 5. The zero-order chi connectivity index (χ0) is 13.0. The number of hydrazone groups is 1. The second-order valence-corrected chi connectivity index (χ2v) is 4.69. The highest BCUT2D eigenvalue weighted by molar-refractivity contribution is 5.99. The van der Waals surface area contributed by atoms with Gasteiger partial charge in [0.25, 0.3) is 5.91 Å². The summed E-state index contributed by atoms with van der Waals surface area (Å²) in [6, 6.07) is 0. The van der Waals surface area contributed by atoms with Crippen LogP contribution in [0.4, 0.5) is 0 Å². The van der Waals surface area contributed by atoms with E-state index in [1.165, 1.54) is 12.6 Å². The Morgan fingerprint density at radius 3 is 3.22 bits per heavy atom. The van der Waals surface area contributed by atoms with Gasteiger partial charge in [-0.05, 0) is 24.8 Å². The van der Waals surface area contributed by atoms with Crippen LogP contribution in [0, 0.1) is 5.92 Å². The van der Waals surface area contributed by atoms with E-state index in [4.69, 9.17) is 5.11 Å². The molecule has 1 saturated heterocycles. The molecular weight excluding hydrogens is 232 g/mol.